The average molecular weight is 591 g/mol. The van der Waals surface area contributed by atoms with Gasteiger partial charge in [0.15, 0.2) is 16.6 Å². The summed E-state index contributed by atoms with van der Waals surface area (Å²) in [5, 5.41) is 11.6. The van der Waals surface area contributed by atoms with Gasteiger partial charge in [-0.25, -0.2) is 9.37 Å². The number of anilines is 1. The molecule has 1 unspecified atom stereocenters. The number of aromatic nitrogens is 1. The number of hydrogen-bond acceptors (Lipinski definition) is 8. The molecule has 218 valence electrons. The summed E-state index contributed by atoms with van der Waals surface area (Å²) in [6.45, 7) is 6.92. The third kappa shape index (κ3) is 5.67. The van der Waals surface area contributed by atoms with Gasteiger partial charge in [0.25, 0.3) is 5.78 Å². The molecule has 8 nitrogen and oxygen atoms in total. The highest BCUT2D eigenvalue weighted by Gasteiger charge is 2.48. The molecular formula is C32H31FN2O6S. The molecule has 0 bridgehead atoms. The molecule has 1 saturated heterocycles. The Balaban J connectivity index is 1.67. The number of rotatable bonds is 10. The van der Waals surface area contributed by atoms with E-state index in [0.717, 1.165) is 11.1 Å². The summed E-state index contributed by atoms with van der Waals surface area (Å²) in [7, 11) is 1.56. The lowest BCUT2D eigenvalue weighted by atomic mass is 9.95. The van der Waals surface area contributed by atoms with E-state index in [1.54, 1.807) is 43.5 Å². The summed E-state index contributed by atoms with van der Waals surface area (Å²) in [6.07, 6.45) is 0.855. The number of thiazole rings is 1. The van der Waals surface area contributed by atoms with Gasteiger partial charge >= 0.3 is 5.91 Å². The van der Waals surface area contributed by atoms with Gasteiger partial charge < -0.3 is 19.3 Å². The fourth-order valence-electron chi connectivity index (χ4n) is 4.72. The van der Waals surface area contributed by atoms with Gasteiger partial charge in [-0.15, -0.1) is 0 Å². The number of aliphatic hydroxyl groups is 1. The van der Waals surface area contributed by atoms with E-state index in [1.165, 1.54) is 40.5 Å². The molecule has 42 heavy (non-hydrogen) atoms. The number of halogens is 1. The summed E-state index contributed by atoms with van der Waals surface area (Å²) in [4.78, 5) is 33.1. The Morgan fingerprint density at radius 2 is 1.81 bits per heavy atom. The van der Waals surface area contributed by atoms with E-state index in [2.05, 4.69) is 18.8 Å². The molecule has 2 heterocycles. The Kier molecular flexibility index (Phi) is 8.44. The Hall–Kier alpha value is -4.44. The van der Waals surface area contributed by atoms with Crippen LogP contribution in [0.2, 0.25) is 0 Å². The molecule has 3 aromatic carbocycles. The molecule has 1 aliphatic heterocycles. The number of amides is 1. The SMILES string of the molecule is CCOc1cc(C2/C(=C(\O)c3ccc(F)cc3)C(=O)C(=O)N2c2nc3ccc(OC)cc3s2)ccc1OCCC(C)C. The van der Waals surface area contributed by atoms with Crippen LogP contribution in [-0.2, 0) is 9.59 Å². The molecule has 4 aromatic rings. The fourth-order valence-corrected chi connectivity index (χ4v) is 5.74. The number of ketones is 1. The minimum absolute atomic E-state index is 0.139. The summed E-state index contributed by atoms with van der Waals surface area (Å²) < 4.78 is 31.6. The van der Waals surface area contributed by atoms with Crippen LogP contribution < -0.4 is 19.1 Å². The molecule has 1 fully saturated rings. The van der Waals surface area contributed by atoms with Crippen molar-refractivity contribution in [3.63, 3.8) is 0 Å². The first kappa shape index (κ1) is 29.1. The van der Waals surface area contributed by atoms with E-state index < -0.39 is 29.3 Å². The minimum Gasteiger partial charge on any atom is -0.507 e. The normalized spacial score (nSPS) is 16.4. The number of Topliss-reactive ketones (excluding diaryl/α,β-unsaturated/α-hetero) is 1. The molecule has 1 amide bonds. The number of carbonyl (C=O) groups excluding carboxylic acids is 2. The van der Waals surface area contributed by atoms with E-state index in [-0.39, 0.29) is 16.3 Å². The molecule has 1 atom stereocenters. The number of nitrogens with zero attached hydrogens (tertiary/aromatic N) is 2. The van der Waals surface area contributed by atoms with Crippen molar-refractivity contribution < 1.29 is 33.3 Å². The maximum absolute atomic E-state index is 13.7. The maximum Gasteiger partial charge on any atom is 0.301 e. The highest BCUT2D eigenvalue weighted by molar-refractivity contribution is 7.22. The van der Waals surface area contributed by atoms with Gasteiger partial charge in [0.1, 0.15) is 17.3 Å². The van der Waals surface area contributed by atoms with Gasteiger partial charge in [0, 0.05) is 5.56 Å². The molecule has 0 spiro atoms. The fraction of sp³-hybridized carbons (Fsp3) is 0.281. The van der Waals surface area contributed by atoms with Crippen molar-refractivity contribution in [1.29, 1.82) is 0 Å². The summed E-state index contributed by atoms with van der Waals surface area (Å²) in [5.74, 6) is -0.577. The van der Waals surface area contributed by atoms with Crippen LogP contribution in [0.25, 0.3) is 16.0 Å². The minimum atomic E-state index is -1.04. The largest absolute Gasteiger partial charge is 0.507 e. The second-order valence-corrected chi connectivity index (χ2v) is 11.2. The molecule has 10 heteroatoms. The zero-order valence-electron chi connectivity index (χ0n) is 23.7. The van der Waals surface area contributed by atoms with Crippen LogP contribution in [0, 0.1) is 11.7 Å². The van der Waals surface area contributed by atoms with Crippen LogP contribution in [0.4, 0.5) is 9.52 Å². The molecular weight excluding hydrogens is 559 g/mol. The van der Waals surface area contributed by atoms with Gasteiger partial charge in [0.2, 0.25) is 0 Å². The van der Waals surface area contributed by atoms with Crippen LogP contribution in [0.5, 0.6) is 17.2 Å². The Morgan fingerprint density at radius 1 is 1.05 bits per heavy atom. The highest BCUT2D eigenvalue weighted by atomic mass is 32.1. The standard InChI is InChI=1S/C32H31FN2O6S/c1-5-40-25-16-20(8-13-24(25)41-15-14-18(2)3)28-27(29(36)19-6-9-21(33)10-7-19)30(37)31(38)35(28)32-34-23-12-11-22(39-4)17-26(23)42-32/h6-13,16-18,28,36H,5,14-15H2,1-4H3/b29-27+. The van der Waals surface area contributed by atoms with E-state index in [4.69, 9.17) is 14.2 Å². The second kappa shape index (κ2) is 12.2. The lowest BCUT2D eigenvalue weighted by Gasteiger charge is -2.24. The molecule has 1 aliphatic rings. The Bertz CT molecular complexity index is 1660. The molecule has 1 aromatic heterocycles. The van der Waals surface area contributed by atoms with Crippen LogP contribution in [0.15, 0.2) is 66.2 Å². The number of hydrogen-bond donors (Lipinski definition) is 1. The van der Waals surface area contributed by atoms with Crippen LogP contribution >= 0.6 is 11.3 Å². The van der Waals surface area contributed by atoms with E-state index in [0.29, 0.717) is 47.5 Å². The molecule has 1 N–H and O–H groups in total. The van der Waals surface area contributed by atoms with Crippen molar-refractivity contribution in [2.45, 2.75) is 33.2 Å². The summed E-state index contributed by atoms with van der Waals surface area (Å²) >= 11 is 1.22. The van der Waals surface area contributed by atoms with Crippen molar-refractivity contribution in [3.05, 3.63) is 83.2 Å². The van der Waals surface area contributed by atoms with Crippen molar-refractivity contribution in [3.8, 4) is 17.2 Å². The topological polar surface area (TPSA) is 98.2 Å². The van der Waals surface area contributed by atoms with Gasteiger partial charge in [-0.2, -0.15) is 0 Å². The van der Waals surface area contributed by atoms with Gasteiger partial charge in [0.05, 0.1) is 42.2 Å². The lowest BCUT2D eigenvalue weighted by molar-refractivity contribution is -0.132. The predicted octanol–water partition coefficient (Wildman–Crippen LogP) is 6.89. The number of ether oxygens (including phenoxy) is 3. The van der Waals surface area contributed by atoms with Crippen molar-refractivity contribution in [2.75, 3.05) is 25.2 Å². The van der Waals surface area contributed by atoms with Gasteiger partial charge in [-0.05, 0) is 79.4 Å². The molecule has 0 saturated carbocycles. The quantitative estimate of drug-likeness (QED) is 0.122. The number of methoxy groups -OCH3 is 1. The molecule has 5 rings (SSSR count). The first-order valence-corrected chi connectivity index (χ1v) is 14.4. The maximum atomic E-state index is 13.7. The predicted molar refractivity (Wildman–Crippen MR) is 160 cm³/mol. The van der Waals surface area contributed by atoms with E-state index >= 15 is 0 Å². The zero-order chi connectivity index (χ0) is 30.0. The second-order valence-electron chi connectivity index (χ2n) is 10.2. The van der Waals surface area contributed by atoms with E-state index in [9.17, 15) is 19.1 Å². The monoisotopic (exact) mass is 590 g/mol. The van der Waals surface area contributed by atoms with E-state index in [1.807, 2.05) is 6.92 Å². The first-order valence-electron chi connectivity index (χ1n) is 13.6. The Labute approximate surface area is 247 Å². The average Bonchev–Trinajstić information content (AvgIpc) is 3.51. The molecule has 0 aliphatic carbocycles. The number of fused-ring (bicyclic) bond motifs is 1. The summed E-state index contributed by atoms with van der Waals surface area (Å²) in [6, 6.07) is 14.6. The molecule has 0 radical (unpaired) electrons. The highest BCUT2D eigenvalue weighted by Crippen LogP contribution is 2.46. The van der Waals surface area contributed by atoms with Crippen molar-refractivity contribution in [1.82, 2.24) is 4.98 Å². The lowest BCUT2D eigenvalue weighted by Crippen LogP contribution is -2.29. The van der Waals surface area contributed by atoms with Gasteiger partial charge in [-0.1, -0.05) is 31.3 Å². The smallest absolute Gasteiger partial charge is 0.301 e. The third-order valence-electron chi connectivity index (χ3n) is 6.89. The third-order valence-corrected chi connectivity index (χ3v) is 7.91. The number of benzene rings is 3. The first-order chi connectivity index (χ1) is 20.2. The van der Waals surface area contributed by atoms with Crippen LogP contribution in [0.1, 0.15) is 44.4 Å². The van der Waals surface area contributed by atoms with Crippen LogP contribution in [0.3, 0.4) is 0 Å². The summed E-state index contributed by atoms with van der Waals surface area (Å²) in [5.41, 5.74) is 1.19. The Morgan fingerprint density at radius 3 is 2.50 bits per heavy atom. The van der Waals surface area contributed by atoms with Crippen molar-refractivity contribution in [2.24, 2.45) is 5.92 Å². The number of carbonyl (C=O) groups is 2. The van der Waals surface area contributed by atoms with Crippen LogP contribution in [-0.4, -0.2) is 42.1 Å². The number of aliphatic hydroxyl groups excluding tert-OH is 1. The van der Waals surface area contributed by atoms with Crippen molar-refractivity contribution >= 4 is 44.1 Å². The van der Waals surface area contributed by atoms with Gasteiger partial charge in [-0.3, -0.25) is 14.5 Å². The zero-order valence-corrected chi connectivity index (χ0v) is 24.5.